The van der Waals surface area contributed by atoms with Crippen LogP contribution in [0.1, 0.15) is 18.4 Å². The van der Waals surface area contributed by atoms with Crippen molar-refractivity contribution in [1.82, 2.24) is 4.90 Å². The van der Waals surface area contributed by atoms with E-state index in [1.54, 1.807) is 14.2 Å². The third kappa shape index (κ3) is 5.47. The van der Waals surface area contributed by atoms with E-state index in [-0.39, 0.29) is 5.92 Å². The first-order valence-corrected chi connectivity index (χ1v) is 8.54. The van der Waals surface area contributed by atoms with Crippen LogP contribution in [0.25, 0.3) is 0 Å². The molecule has 1 heterocycles. The Hall–Kier alpha value is -2.05. The number of hydrogen-bond acceptors (Lipinski definition) is 6. The highest BCUT2D eigenvalue weighted by molar-refractivity contribution is 5.88. The molecule has 1 aliphatic rings. The van der Waals surface area contributed by atoms with E-state index >= 15 is 0 Å². The van der Waals surface area contributed by atoms with Crippen molar-refractivity contribution in [2.24, 2.45) is 11.1 Å². The summed E-state index contributed by atoms with van der Waals surface area (Å²) < 4.78 is 16.1. The van der Waals surface area contributed by atoms with Gasteiger partial charge in [-0.15, -0.1) is 6.58 Å². The van der Waals surface area contributed by atoms with Gasteiger partial charge in [-0.1, -0.05) is 17.3 Å². The van der Waals surface area contributed by atoms with E-state index in [0.717, 1.165) is 48.8 Å². The van der Waals surface area contributed by atoms with Crippen molar-refractivity contribution in [3.8, 4) is 11.5 Å². The average Bonchev–Trinajstić information content (AvgIpc) is 2.67. The second-order valence-corrected chi connectivity index (χ2v) is 6.11. The maximum absolute atomic E-state index is 9.48. The molecule has 1 aromatic rings. The van der Waals surface area contributed by atoms with Gasteiger partial charge in [-0.25, -0.2) is 0 Å². The summed E-state index contributed by atoms with van der Waals surface area (Å²) in [5.74, 6) is 1.81. The van der Waals surface area contributed by atoms with Gasteiger partial charge in [0.05, 0.1) is 19.9 Å². The number of benzene rings is 1. The molecule has 1 N–H and O–H groups in total. The van der Waals surface area contributed by atoms with Crippen molar-refractivity contribution in [3.63, 3.8) is 0 Å². The predicted molar refractivity (Wildman–Crippen MR) is 97.8 cm³/mol. The maximum atomic E-state index is 9.48. The van der Waals surface area contributed by atoms with Crippen molar-refractivity contribution < 1.29 is 19.4 Å². The topological polar surface area (TPSA) is 63.5 Å². The zero-order valence-corrected chi connectivity index (χ0v) is 15.1. The molecule has 0 aromatic heterocycles. The van der Waals surface area contributed by atoms with Gasteiger partial charge in [0.15, 0.2) is 0 Å². The Kier molecular flexibility index (Phi) is 7.76. The SMILES string of the molecule is C=CCN(CC(=NO)C1CCOCC1)Cc1ccc(OC)cc1OC. The zero-order chi connectivity index (χ0) is 18.1. The number of oxime groups is 1. The van der Waals surface area contributed by atoms with Gasteiger partial charge in [-0.3, -0.25) is 4.90 Å². The van der Waals surface area contributed by atoms with Crippen LogP contribution in [0.5, 0.6) is 11.5 Å². The molecule has 0 bridgehead atoms. The van der Waals surface area contributed by atoms with Crippen LogP contribution < -0.4 is 9.47 Å². The molecule has 0 atom stereocenters. The van der Waals surface area contributed by atoms with Crippen LogP contribution in [0.4, 0.5) is 0 Å². The fourth-order valence-corrected chi connectivity index (χ4v) is 3.09. The van der Waals surface area contributed by atoms with Crippen LogP contribution in [0.15, 0.2) is 36.0 Å². The van der Waals surface area contributed by atoms with Crippen LogP contribution in [-0.4, -0.2) is 56.3 Å². The fourth-order valence-electron chi connectivity index (χ4n) is 3.09. The fraction of sp³-hybridized carbons (Fsp3) is 0.526. The largest absolute Gasteiger partial charge is 0.497 e. The van der Waals surface area contributed by atoms with Crippen molar-refractivity contribution in [2.75, 3.05) is 40.5 Å². The van der Waals surface area contributed by atoms with Gasteiger partial charge in [-0.2, -0.15) is 0 Å². The summed E-state index contributed by atoms with van der Waals surface area (Å²) in [5, 5.41) is 13.1. The smallest absolute Gasteiger partial charge is 0.127 e. The molecule has 1 saturated heterocycles. The van der Waals surface area contributed by atoms with Crippen LogP contribution in [0, 0.1) is 5.92 Å². The van der Waals surface area contributed by atoms with Crippen LogP contribution in [0.2, 0.25) is 0 Å². The highest BCUT2D eigenvalue weighted by atomic mass is 16.5. The molecule has 0 saturated carbocycles. The van der Waals surface area contributed by atoms with Crippen LogP contribution >= 0.6 is 0 Å². The number of rotatable bonds is 9. The van der Waals surface area contributed by atoms with Crippen molar-refractivity contribution in [3.05, 3.63) is 36.4 Å². The van der Waals surface area contributed by atoms with E-state index in [0.29, 0.717) is 19.6 Å². The summed E-state index contributed by atoms with van der Waals surface area (Å²) in [7, 11) is 3.29. The normalized spacial score (nSPS) is 16.0. The molecule has 25 heavy (non-hydrogen) atoms. The van der Waals surface area contributed by atoms with E-state index in [2.05, 4.69) is 16.6 Å². The van der Waals surface area contributed by atoms with Gasteiger partial charge >= 0.3 is 0 Å². The Morgan fingerprint density at radius 2 is 2.12 bits per heavy atom. The monoisotopic (exact) mass is 348 g/mol. The summed E-state index contributed by atoms with van der Waals surface area (Å²) in [6, 6.07) is 5.79. The summed E-state index contributed by atoms with van der Waals surface area (Å²) in [6.45, 7) is 7.23. The van der Waals surface area contributed by atoms with Gasteiger partial charge < -0.3 is 19.4 Å². The second kappa shape index (κ2) is 10.1. The lowest BCUT2D eigenvalue weighted by Crippen LogP contribution is -2.35. The van der Waals surface area contributed by atoms with E-state index in [1.165, 1.54) is 0 Å². The minimum Gasteiger partial charge on any atom is -0.497 e. The molecule has 6 heteroatoms. The van der Waals surface area contributed by atoms with Gasteiger partial charge in [0, 0.05) is 50.4 Å². The average molecular weight is 348 g/mol. The Morgan fingerprint density at radius 3 is 2.72 bits per heavy atom. The molecule has 0 aliphatic carbocycles. The first-order valence-electron chi connectivity index (χ1n) is 8.54. The molecule has 0 spiro atoms. The first-order chi connectivity index (χ1) is 12.2. The predicted octanol–water partition coefficient (Wildman–Crippen LogP) is 2.95. The van der Waals surface area contributed by atoms with Crippen LogP contribution in [-0.2, 0) is 11.3 Å². The van der Waals surface area contributed by atoms with Gasteiger partial charge in [0.2, 0.25) is 0 Å². The molecule has 6 nitrogen and oxygen atoms in total. The number of methoxy groups -OCH3 is 2. The molecule has 138 valence electrons. The standard InChI is InChI=1S/C19H28N2O4/c1-4-9-21(14-18(20-22)15-7-10-25-11-8-15)13-16-5-6-17(23-2)12-19(16)24-3/h4-6,12,15,22H,1,7-11,13-14H2,2-3H3. The number of hydrogen-bond donors (Lipinski definition) is 1. The maximum Gasteiger partial charge on any atom is 0.127 e. The molecule has 2 rings (SSSR count). The molecular weight excluding hydrogens is 320 g/mol. The van der Waals surface area contributed by atoms with Gasteiger partial charge in [-0.05, 0) is 18.9 Å². The molecule has 1 aliphatic heterocycles. The zero-order valence-electron chi connectivity index (χ0n) is 15.1. The van der Waals surface area contributed by atoms with Crippen LogP contribution in [0.3, 0.4) is 0 Å². The van der Waals surface area contributed by atoms with Crippen molar-refractivity contribution in [1.29, 1.82) is 0 Å². The lowest BCUT2D eigenvalue weighted by molar-refractivity contribution is 0.0809. The third-order valence-corrected chi connectivity index (χ3v) is 4.48. The van der Waals surface area contributed by atoms with E-state index in [1.807, 2.05) is 24.3 Å². The molecule has 1 fully saturated rings. The highest BCUT2D eigenvalue weighted by Crippen LogP contribution is 2.26. The lowest BCUT2D eigenvalue weighted by Gasteiger charge is -2.27. The Bertz CT molecular complexity index is 583. The molecule has 1 aromatic carbocycles. The van der Waals surface area contributed by atoms with Crippen molar-refractivity contribution >= 4 is 5.71 Å². The third-order valence-electron chi connectivity index (χ3n) is 4.48. The van der Waals surface area contributed by atoms with E-state index < -0.39 is 0 Å². The molecule has 0 unspecified atom stereocenters. The van der Waals surface area contributed by atoms with Gasteiger partial charge in [0.25, 0.3) is 0 Å². The summed E-state index contributed by atoms with van der Waals surface area (Å²) in [4.78, 5) is 2.18. The van der Waals surface area contributed by atoms with Gasteiger partial charge in [0.1, 0.15) is 11.5 Å². The second-order valence-electron chi connectivity index (χ2n) is 6.11. The quantitative estimate of drug-likeness (QED) is 0.322. The minimum atomic E-state index is 0.267. The minimum absolute atomic E-state index is 0.267. The number of nitrogens with zero attached hydrogens (tertiary/aromatic N) is 2. The highest BCUT2D eigenvalue weighted by Gasteiger charge is 2.22. The summed E-state index contributed by atoms with van der Waals surface area (Å²) >= 11 is 0. The Labute approximate surface area is 149 Å². The Morgan fingerprint density at radius 1 is 1.36 bits per heavy atom. The molecule has 0 radical (unpaired) electrons. The van der Waals surface area contributed by atoms with E-state index in [9.17, 15) is 5.21 Å². The number of ether oxygens (including phenoxy) is 3. The van der Waals surface area contributed by atoms with Crippen molar-refractivity contribution in [2.45, 2.75) is 19.4 Å². The Balaban J connectivity index is 2.10. The summed E-state index contributed by atoms with van der Waals surface area (Å²) in [6.07, 6.45) is 3.65. The lowest BCUT2D eigenvalue weighted by atomic mass is 9.94. The molecular formula is C19H28N2O4. The van der Waals surface area contributed by atoms with E-state index in [4.69, 9.17) is 14.2 Å². The first kappa shape index (κ1) is 19.3. The summed E-state index contributed by atoms with van der Waals surface area (Å²) in [5.41, 5.74) is 1.85. The molecule has 0 amide bonds.